The maximum atomic E-state index is 12.8. The summed E-state index contributed by atoms with van der Waals surface area (Å²) in [5, 5.41) is 0. The molecule has 1 saturated heterocycles. The SMILES string of the molecule is COc1ccc(C2CC(=O)N(c3ccc(OC)c(OC)c3)C(=O)C2)cc1OC. The van der Waals surface area contributed by atoms with Gasteiger partial charge in [-0.2, -0.15) is 0 Å². The van der Waals surface area contributed by atoms with Gasteiger partial charge in [-0.25, -0.2) is 0 Å². The summed E-state index contributed by atoms with van der Waals surface area (Å²) in [6.07, 6.45) is 0.436. The molecule has 0 aromatic heterocycles. The molecular weight excluding hydrogens is 362 g/mol. The molecule has 1 fully saturated rings. The van der Waals surface area contributed by atoms with Gasteiger partial charge < -0.3 is 18.9 Å². The number of hydrogen-bond donors (Lipinski definition) is 0. The third-order valence-electron chi connectivity index (χ3n) is 4.85. The summed E-state index contributed by atoms with van der Waals surface area (Å²) in [6, 6.07) is 10.4. The molecule has 0 bridgehead atoms. The molecule has 2 aromatic rings. The Bertz CT molecular complexity index is 876. The Hall–Kier alpha value is -3.22. The number of carbonyl (C=O) groups is 2. The zero-order valence-corrected chi connectivity index (χ0v) is 16.4. The fraction of sp³-hybridized carbons (Fsp3) is 0.333. The van der Waals surface area contributed by atoms with Crippen LogP contribution in [0.2, 0.25) is 0 Å². The van der Waals surface area contributed by atoms with E-state index in [9.17, 15) is 9.59 Å². The second kappa shape index (κ2) is 8.21. The maximum absolute atomic E-state index is 12.8. The monoisotopic (exact) mass is 385 g/mol. The van der Waals surface area contributed by atoms with Crippen LogP contribution >= 0.6 is 0 Å². The quantitative estimate of drug-likeness (QED) is 0.711. The van der Waals surface area contributed by atoms with Crippen molar-refractivity contribution in [2.24, 2.45) is 0 Å². The minimum absolute atomic E-state index is 0.212. The van der Waals surface area contributed by atoms with Gasteiger partial charge in [-0.1, -0.05) is 6.07 Å². The minimum atomic E-state index is -0.261. The van der Waals surface area contributed by atoms with Crippen molar-refractivity contribution in [3.8, 4) is 23.0 Å². The Labute approximate surface area is 163 Å². The summed E-state index contributed by atoms with van der Waals surface area (Å²) >= 11 is 0. The van der Waals surface area contributed by atoms with Crippen molar-refractivity contribution < 1.29 is 28.5 Å². The summed E-state index contributed by atoms with van der Waals surface area (Å²) in [7, 11) is 6.15. The van der Waals surface area contributed by atoms with Crippen molar-refractivity contribution in [2.45, 2.75) is 18.8 Å². The van der Waals surface area contributed by atoms with E-state index in [1.54, 1.807) is 38.5 Å². The molecule has 7 nitrogen and oxygen atoms in total. The number of amides is 2. The lowest BCUT2D eigenvalue weighted by Gasteiger charge is -2.30. The predicted octanol–water partition coefficient (Wildman–Crippen LogP) is 3.16. The maximum Gasteiger partial charge on any atom is 0.234 e. The van der Waals surface area contributed by atoms with E-state index in [0.717, 1.165) is 5.56 Å². The van der Waals surface area contributed by atoms with Crippen LogP contribution in [-0.4, -0.2) is 40.3 Å². The van der Waals surface area contributed by atoms with Gasteiger partial charge in [0, 0.05) is 24.8 Å². The van der Waals surface area contributed by atoms with Crippen LogP contribution in [0.3, 0.4) is 0 Å². The van der Waals surface area contributed by atoms with Gasteiger partial charge in [0.05, 0.1) is 34.1 Å². The van der Waals surface area contributed by atoms with Crippen LogP contribution in [0.1, 0.15) is 24.3 Å². The van der Waals surface area contributed by atoms with Crippen LogP contribution in [0.25, 0.3) is 0 Å². The fourth-order valence-corrected chi connectivity index (χ4v) is 3.41. The Morgan fingerprint density at radius 1 is 0.714 bits per heavy atom. The van der Waals surface area contributed by atoms with Crippen molar-refractivity contribution in [1.29, 1.82) is 0 Å². The van der Waals surface area contributed by atoms with E-state index in [4.69, 9.17) is 18.9 Å². The number of nitrogens with zero attached hydrogens (tertiary/aromatic N) is 1. The third-order valence-corrected chi connectivity index (χ3v) is 4.85. The van der Waals surface area contributed by atoms with Crippen LogP contribution in [0.5, 0.6) is 23.0 Å². The average molecular weight is 385 g/mol. The summed E-state index contributed by atoms with van der Waals surface area (Å²) in [5.74, 6) is 1.44. The van der Waals surface area contributed by atoms with Crippen LogP contribution < -0.4 is 23.8 Å². The minimum Gasteiger partial charge on any atom is -0.493 e. The number of imide groups is 1. The number of methoxy groups -OCH3 is 4. The molecule has 0 N–H and O–H groups in total. The molecule has 1 aliphatic rings. The predicted molar refractivity (Wildman–Crippen MR) is 104 cm³/mol. The number of carbonyl (C=O) groups excluding carboxylic acids is 2. The number of ether oxygens (including phenoxy) is 4. The lowest BCUT2D eigenvalue weighted by Crippen LogP contribution is -2.42. The molecule has 1 aliphatic heterocycles. The largest absolute Gasteiger partial charge is 0.493 e. The number of benzene rings is 2. The van der Waals surface area contributed by atoms with Gasteiger partial charge in [0.1, 0.15) is 0 Å². The molecule has 1 heterocycles. The lowest BCUT2D eigenvalue weighted by molar-refractivity contribution is -0.129. The van der Waals surface area contributed by atoms with Gasteiger partial charge in [0.15, 0.2) is 23.0 Å². The van der Waals surface area contributed by atoms with Gasteiger partial charge in [0.2, 0.25) is 11.8 Å². The fourth-order valence-electron chi connectivity index (χ4n) is 3.41. The van der Waals surface area contributed by atoms with Crippen LogP contribution in [0.4, 0.5) is 5.69 Å². The topological polar surface area (TPSA) is 74.3 Å². The summed E-state index contributed by atoms with van der Waals surface area (Å²) in [4.78, 5) is 26.8. The summed E-state index contributed by atoms with van der Waals surface area (Å²) in [6.45, 7) is 0. The van der Waals surface area contributed by atoms with Gasteiger partial charge in [-0.15, -0.1) is 0 Å². The molecular formula is C21H23NO6. The first-order valence-electron chi connectivity index (χ1n) is 8.82. The zero-order chi connectivity index (χ0) is 20.3. The molecule has 0 saturated carbocycles. The van der Waals surface area contributed by atoms with Crippen LogP contribution in [0.15, 0.2) is 36.4 Å². The van der Waals surface area contributed by atoms with Gasteiger partial charge >= 0.3 is 0 Å². The van der Waals surface area contributed by atoms with Crippen molar-refractivity contribution in [1.82, 2.24) is 0 Å². The Morgan fingerprint density at radius 2 is 1.21 bits per heavy atom. The van der Waals surface area contributed by atoms with Crippen molar-refractivity contribution in [3.63, 3.8) is 0 Å². The summed E-state index contributed by atoms with van der Waals surface area (Å²) < 4.78 is 21.1. The van der Waals surface area contributed by atoms with Crippen LogP contribution in [-0.2, 0) is 9.59 Å². The second-order valence-electron chi connectivity index (χ2n) is 6.38. The first kappa shape index (κ1) is 19.5. The molecule has 148 valence electrons. The smallest absolute Gasteiger partial charge is 0.234 e. The number of anilines is 1. The Morgan fingerprint density at radius 3 is 1.75 bits per heavy atom. The van der Waals surface area contributed by atoms with Gasteiger partial charge in [-0.05, 0) is 29.8 Å². The van der Waals surface area contributed by atoms with E-state index in [-0.39, 0.29) is 30.6 Å². The normalized spacial score (nSPS) is 14.8. The molecule has 28 heavy (non-hydrogen) atoms. The highest BCUT2D eigenvalue weighted by molar-refractivity contribution is 6.17. The average Bonchev–Trinajstić information content (AvgIpc) is 2.72. The number of rotatable bonds is 6. The Balaban J connectivity index is 1.85. The first-order chi connectivity index (χ1) is 13.5. The highest BCUT2D eigenvalue weighted by Crippen LogP contribution is 2.38. The second-order valence-corrected chi connectivity index (χ2v) is 6.38. The van der Waals surface area contributed by atoms with Crippen molar-refractivity contribution in [2.75, 3.05) is 33.3 Å². The molecule has 0 unspecified atom stereocenters. The van der Waals surface area contributed by atoms with E-state index >= 15 is 0 Å². The Kier molecular flexibility index (Phi) is 5.73. The highest BCUT2D eigenvalue weighted by atomic mass is 16.5. The van der Waals surface area contributed by atoms with E-state index in [0.29, 0.717) is 28.7 Å². The van der Waals surface area contributed by atoms with E-state index in [1.807, 2.05) is 12.1 Å². The van der Waals surface area contributed by atoms with Crippen LogP contribution in [0, 0.1) is 0 Å². The van der Waals surface area contributed by atoms with E-state index in [1.165, 1.54) is 19.1 Å². The molecule has 0 aliphatic carbocycles. The molecule has 3 rings (SSSR count). The van der Waals surface area contributed by atoms with Gasteiger partial charge in [0.25, 0.3) is 0 Å². The summed E-state index contributed by atoms with van der Waals surface area (Å²) in [5.41, 5.74) is 1.34. The molecule has 0 spiro atoms. The number of hydrogen-bond acceptors (Lipinski definition) is 6. The lowest BCUT2D eigenvalue weighted by atomic mass is 9.88. The first-order valence-corrected chi connectivity index (χ1v) is 8.82. The molecule has 0 atom stereocenters. The molecule has 2 aromatic carbocycles. The van der Waals surface area contributed by atoms with Crippen molar-refractivity contribution >= 4 is 17.5 Å². The van der Waals surface area contributed by atoms with E-state index in [2.05, 4.69) is 0 Å². The third kappa shape index (κ3) is 3.60. The van der Waals surface area contributed by atoms with Crippen molar-refractivity contribution in [3.05, 3.63) is 42.0 Å². The molecule has 0 radical (unpaired) electrons. The molecule has 2 amide bonds. The van der Waals surface area contributed by atoms with Gasteiger partial charge in [-0.3, -0.25) is 14.5 Å². The zero-order valence-electron chi connectivity index (χ0n) is 16.4. The van der Waals surface area contributed by atoms with E-state index < -0.39 is 0 Å². The standard InChI is InChI=1S/C21H23NO6/c1-25-16-7-5-13(9-18(16)27-3)14-10-20(23)22(21(24)11-14)15-6-8-17(26-2)19(12-15)28-4/h5-9,12,14H,10-11H2,1-4H3. The molecule has 7 heteroatoms. The highest BCUT2D eigenvalue weighted by Gasteiger charge is 2.35. The number of piperidine rings is 1.